The molecule has 36 heavy (non-hydrogen) atoms. The number of nitrogens with zero attached hydrogens (tertiary/aromatic N) is 4. The van der Waals surface area contributed by atoms with Gasteiger partial charge >= 0.3 is 34.1 Å². The van der Waals surface area contributed by atoms with Gasteiger partial charge in [-0.1, -0.05) is 0 Å². The van der Waals surface area contributed by atoms with Crippen LogP contribution in [0.3, 0.4) is 0 Å². The largest absolute Gasteiger partial charge is 2.00 e. The van der Waals surface area contributed by atoms with Crippen LogP contribution in [0.2, 0.25) is 0 Å². The average molecular weight is 608 g/mol. The van der Waals surface area contributed by atoms with E-state index in [-0.39, 0.29) is 34.1 Å². The van der Waals surface area contributed by atoms with Gasteiger partial charge in [0.1, 0.15) is 0 Å². The summed E-state index contributed by atoms with van der Waals surface area (Å²) in [5, 5.41) is 35.6. The Morgan fingerprint density at radius 1 is 0.528 bits per heavy atom. The second-order valence-electron chi connectivity index (χ2n) is 6.17. The van der Waals surface area contributed by atoms with Crippen molar-refractivity contribution in [1.29, 1.82) is 0 Å². The van der Waals surface area contributed by atoms with Crippen LogP contribution in [0.5, 0.6) is 0 Å². The number of aromatic nitrogens is 2. The van der Waals surface area contributed by atoms with E-state index in [4.69, 9.17) is 39.6 Å². The molecule has 0 aliphatic heterocycles. The van der Waals surface area contributed by atoms with E-state index in [0.717, 1.165) is 27.7 Å². The number of pyridine rings is 2. The summed E-state index contributed by atoms with van der Waals surface area (Å²) in [7, 11) is 8.04. The Labute approximate surface area is 233 Å². The van der Waals surface area contributed by atoms with Crippen molar-refractivity contribution in [3.8, 4) is 0 Å². The quantitative estimate of drug-likeness (QED) is 0.322. The molecule has 0 N–H and O–H groups in total. The van der Waals surface area contributed by atoms with Crippen molar-refractivity contribution in [3.05, 3.63) is 49.1 Å². The van der Waals surface area contributed by atoms with E-state index in [1.165, 1.54) is 11.4 Å². The zero-order chi connectivity index (χ0) is 27.7. The molecule has 0 fully saturated rings. The third-order valence-corrected chi connectivity index (χ3v) is 2.36. The van der Waals surface area contributed by atoms with Crippen molar-refractivity contribution < 1.29 is 73.7 Å². The molecule has 2 aromatic heterocycles. The Balaban J connectivity index is -0.0000000781. The molecule has 0 spiro atoms. The van der Waals surface area contributed by atoms with E-state index in [1.54, 1.807) is 24.8 Å². The van der Waals surface area contributed by atoms with Crippen LogP contribution in [-0.4, -0.2) is 62.0 Å². The molecule has 2 heterocycles. The van der Waals surface area contributed by atoms with E-state index in [1.807, 2.05) is 62.3 Å². The number of hydrogen-bond acceptors (Lipinski definition) is 12. The molecular formula is C22H32Cu2N4O8. The number of aliphatic carboxylic acids is 4. The van der Waals surface area contributed by atoms with Gasteiger partial charge in [-0.15, -0.1) is 0 Å². The van der Waals surface area contributed by atoms with E-state index >= 15 is 0 Å². The second-order valence-corrected chi connectivity index (χ2v) is 6.17. The Morgan fingerprint density at radius 2 is 0.667 bits per heavy atom. The van der Waals surface area contributed by atoms with Crippen LogP contribution in [0.15, 0.2) is 49.1 Å². The van der Waals surface area contributed by atoms with Crippen molar-refractivity contribution in [1.82, 2.24) is 9.97 Å². The van der Waals surface area contributed by atoms with Crippen LogP contribution in [0.1, 0.15) is 27.7 Å². The molecule has 14 heteroatoms. The molecule has 2 radical (unpaired) electrons. The van der Waals surface area contributed by atoms with Gasteiger partial charge in [-0.25, -0.2) is 0 Å². The summed E-state index contributed by atoms with van der Waals surface area (Å²) in [4.78, 5) is 47.4. The Hall–Kier alpha value is -3.18. The molecule has 0 bridgehead atoms. The Kier molecular flexibility index (Phi) is 40.8. The molecule has 0 aliphatic carbocycles. The smallest absolute Gasteiger partial charge is 0.550 e. The summed E-state index contributed by atoms with van der Waals surface area (Å²) in [6.07, 6.45) is 7.15. The van der Waals surface area contributed by atoms with Crippen molar-refractivity contribution in [3.63, 3.8) is 0 Å². The summed E-state index contributed by atoms with van der Waals surface area (Å²) in [5.74, 6) is -4.33. The van der Waals surface area contributed by atoms with Gasteiger partial charge in [-0.3, -0.25) is 9.97 Å². The molecule has 2 aromatic rings. The van der Waals surface area contributed by atoms with Crippen LogP contribution < -0.4 is 30.2 Å². The van der Waals surface area contributed by atoms with Gasteiger partial charge in [-0.05, 0) is 52.0 Å². The van der Waals surface area contributed by atoms with Crippen LogP contribution in [0, 0.1) is 0 Å². The average Bonchev–Trinajstić information content (AvgIpc) is 2.68. The standard InChI is InChI=1S/2C7H10N2.4C2H4O2.2Cu/c2*1-9(2)7-3-5-8-6-4-7;4*1-2(3)4;;/h2*3-6H,1-2H3;4*1H3,(H,3,4);;/q;;;;;;2*+2/p-4. The predicted octanol–water partition coefficient (Wildman–Crippen LogP) is -2.68. The normalized spacial score (nSPS) is 7.33. The third kappa shape index (κ3) is 63.2. The monoisotopic (exact) mass is 606 g/mol. The first kappa shape index (κ1) is 46.2. The Bertz CT molecular complexity index is 690. The molecule has 12 nitrogen and oxygen atoms in total. The first-order chi connectivity index (χ1) is 15.5. The van der Waals surface area contributed by atoms with Crippen molar-refractivity contribution >= 4 is 35.3 Å². The number of carboxylic acids is 4. The summed E-state index contributed by atoms with van der Waals surface area (Å²) in [6.45, 7) is 3.89. The number of rotatable bonds is 2. The number of hydrogen-bond donors (Lipinski definition) is 0. The molecule has 0 amide bonds. The molecule has 0 aliphatic rings. The van der Waals surface area contributed by atoms with Gasteiger partial charge in [0.25, 0.3) is 0 Å². The van der Waals surface area contributed by atoms with Gasteiger partial charge < -0.3 is 49.4 Å². The fourth-order valence-corrected chi connectivity index (χ4v) is 1.28. The molecule has 2 rings (SSSR count). The van der Waals surface area contributed by atoms with Gasteiger partial charge in [0.15, 0.2) is 0 Å². The number of carboxylic acid groups (broad SMARTS) is 4. The number of anilines is 2. The molecule has 0 aromatic carbocycles. The minimum atomic E-state index is -1.08. The minimum absolute atomic E-state index is 0. The third-order valence-electron chi connectivity index (χ3n) is 2.36. The van der Waals surface area contributed by atoms with Crippen molar-refractivity contribution in [2.45, 2.75) is 27.7 Å². The van der Waals surface area contributed by atoms with E-state index in [9.17, 15) is 0 Å². The molecule has 0 saturated carbocycles. The SMILES string of the molecule is CC(=O)[O-].CC(=O)[O-].CC(=O)[O-].CC(=O)[O-].CN(C)c1ccncc1.CN(C)c1ccncc1.[Cu+2].[Cu+2]. The molecule has 0 saturated heterocycles. The number of carbonyl (C=O) groups excluding carboxylic acids is 4. The van der Waals surface area contributed by atoms with Crippen LogP contribution in [-0.2, 0) is 53.3 Å². The topological polar surface area (TPSA) is 193 Å². The fraction of sp³-hybridized carbons (Fsp3) is 0.364. The zero-order valence-corrected chi connectivity index (χ0v) is 23.2. The Morgan fingerprint density at radius 3 is 0.750 bits per heavy atom. The van der Waals surface area contributed by atoms with Crippen molar-refractivity contribution in [2.24, 2.45) is 0 Å². The maximum atomic E-state index is 8.89. The van der Waals surface area contributed by atoms with E-state index in [0.29, 0.717) is 0 Å². The van der Waals surface area contributed by atoms with Gasteiger partial charge in [0.05, 0.1) is 0 Å². The maximum Gasteiger partial charge on any atom is 2.00 e. The molecule has 210 valence electrons. The molecular weight excluding hydrogens is 575 g/mol. The van der Waals surface area contributed by atoms with E-state index in [2.05, 4.69) is 9.97 Å². The predicted molar refractivity (Wildman–Crippen MR) is 120 cm³/mol. The van der Waals surface area contributed by atoms with Gasteiger partial charge in [0, 0.05) is 88.2 Å². The first-order valence-electron chi connectivity index (χ1n) is 9.39. The van der Waals surface area contributed by atoms with Crippen molar-refractivity contribution in [2.75, 3.05) is 38.0 Å². The van der Waals surface area contributed by atoms with Crippen LogP contribution >= 0.6 is 0 Å². The van der Waals surface area contributed by atoms with Gasteiger partial charge in [0.2, 0.25) is 0 Å². The summed E-state index contributed by atoms with van der Waals surface area (Å²) >= 11 is 0. The van der Waals surface area contributed by atoms with E-state index < -0.39 is 23.9 Å². The minimum Gasteiger partial charge on any atom is -0.550 e. The summed E-state index contributed by atoms with van der Waals surface area (Å²) < 4.78 is 0. The van der Waals surface area contributed by atoms with Gasteiger partial charge in [-0.2, -0.15) is 0 Å². The first-order valence-corrected chi connectivity index (χ1v) is 9.39. The summed E-state index contributed by atoms with van der Waals surface area (Å²) in [5.41, 5.74) is 2.37. The zero-order valence-electron chi connectivity index (χ0n) is 21.3. The molecule has 0 atom stereocenters. The number of carbonyl (C=O) groups is 4. The second kappa shape index (κ2) is 31.8. The molecule has 0 unspecified atom stereocenters. The van der Waals surface area contributed by atoms with Crippen LogP contribution in [0.4, 0.5) is 11.4 Å². The summed E-state index contributed by atoms with van der Waals surface area (Å²) in [6, 6.07) is 7.89. The maximum absolute atomic E-state index is 8.89. The fourth-order valence-electron chi connectivity index (χ4n) is 1.28. The van der Waals surface area contributed by atoms with Crippen LogP contribution in [0.25, 0.3) is 0 Å².